The second-order valence-corrected chi connectivity index (χ2v) is 20.0. The van der Waals surface area contributed by atoms with Gasteiger partial charge in [0.1, 0.15) is 0 Å². The van der Waals surface area contributed by atoms with Gasteiger partial charge in [-0.1, -0.05) is 302 Å². The van der Waals surface area contributed by atoms with E-state index in [0.717, 1.165) is 89.9 Å². The Morgan fingerprint density at radius 2 is 0.620 bits per heavy atom. The lowest BCUT2D eigenvalue weighted by Gasteiger charge is -2.22. The minimum Gasteiger partial charge on any atom is -0.394 e. The lowest BCUT2D eigenvalue weighted by molar-refractivity contribution is -0.123. The number of unbranched alkanes of at least 4 members (excludes halogenated alkanes) is 27. The highest BCUT2D eigenvalue weighted by molar-refractivity contribution is 5.76. The number of amides is 1. The minimum atomic E-state index is -0.669. The first-order chi connectivity index (χ1) is 35.2. The highest BCUT2D eigenvalue weighted by Crippen LogP contribution is 2.17. The third-order valence-electron chi connectivity index (χ3n) is 13.2. The first-order valence-electron chi connectivity index (χ1n) is 30.2. The molecule has 0 heterocycles. The average molecular weight is 983 g/mol. The standard InChI is InChI=1S/C67H115NO3/c1-3-5-7-9-11-13-15-17-19-21-23-24-25-26-27-28-29-30-31-32-33-34-35-36-37-38-39-40-41-42-43-44-45-47-49-51-53-55-57-59-61-63-67(71)68-65(64-69)66(70)62-60-58-56-54-52-50-48-46-22-20-18-16-14-12-10-8-6-4-2/h5,7,11,13,17,19,23-24,26-27,29-30,32-33,35-36,38-39,41-42,65-66,69-70H,3-4,6,8-10,12,14-16,18,20-22,25,28,31,34,37,40,43-64H2,1-2H3,(H,68,71)/b7-5-,13-11-,19-17-,24-23-,27-26-,30-29-,33-32-,36-35-,39-38-,42-41-. The van der Waals surface area contributed by atoms with Gasteiger partial charge in [-0.2, -0.15) is 0 Å². The molecule has 0 rings (SSSR count). The summed E-state index contributed by atoms with van der Waals surface area (Å²) in [6.07, 6.45) is 93.3. The molecule has 0 fully saturated rings. The molecular weight excluding hydrogens is 867 g/mol. The van der Waals surface area contributed by atoms with E-state index in [9.17, 15) is 15.0 Å². The number of carbonyl (C=O) groups excluding carboxylic acids is 1. The van der Waals surface area contributed by atoms with Crippen molar-refractivity contribution in [2.45, 2.75) is 289 Å². The number of nitrogens with one attached hydrogen (secondary N) is 1. The van der Waals surface area contributed by atoms with Crippen LogP contribution in [0, 0.1) is 0 Å². The van der Waals surface area contributed by atoms with Crippen LogP contribution in [0.15, 0.2) is 122 Å². The lowest BCUT2D eigenvalue weighted by Crippen LogP contribution is -2.45. The summed E-state index contributed by atoms with van der Waals surface area (Å²) in [5.74, 6) is -0.0385. The van der Waals surface area contributed by atoms with Gasteiger partial charge in [-0.3, -0.25) is 4.79 Å². The fraction of sp³-hybridized carbons (Fsp3) is 0.687. The summed E-state index contributed by atoms with van der Waals surface area (Å²) in [7, 11) is 0. The number of aliphatic hydroxyl groups excluding tert-OH is 2. The summed E-state index contributed by atoms with van der Waals surface area (Å²) in [4.78, 5) is 12.5. The van der Waals surface area contributed by atoms with Crippen LogP contribution >= 0.6 is 0 Å². The van der Waals surface area contributed by atoms with Crippen molar-refractivity contribution < 1.29 is 15.0 Å². The molecule has 3 N–H and O–H groups in total. The van der Waals surface area contributed by atoms with Gasteiger partial charge in [0.2, 0.25) is 5.91 Å². The van der Waals surface area contributed by atoms with Gasteiger partial charge < -0.3 is 15.5 Å². The fourth-order valence-corrected chi connectivity index (χ4v) is 8.68. The minimum absolute atomic E-state index is 0.0385. The highest BCUT2D eigenvalue weighted by Gasteiger charge is 2.20. The van der Waals surface area contributed by atoms with E-state index in [1.54, 1.807) is 0 Å². The molecule has 0 aromatic carbocycles. The summed E-state index contributed by atoms with van der Waals surface area (Å²) in [5, 5.41) is 23.3. The number of aliphatic hydroxyl groups is 2. The Morgan fingerprint density at radius 3 is 0.930 bits per heavy atom. The van der Waals surface area contributed by atoms with Crippen molar-refractivity contribution in [3.8, 4) is 0 Å². The Bertz CT molecular complexity index is 1390. The van der Waals surface area contributed by atoms with Gasteiger partial charge in [0.15, 0.2) is 0 Å². The van der Waals surface area contributed by atoms with Crippen LogP contribution in [0.3, 0.4) is 0 Å². The van der Waals surface area contributed by atoms with E-state index in [1.165, 1.54) is 161 Å². The van der Waals surface area contributed by atoms with E-state index >= 15 is 0 Å². The zero-order valence-electron chi connectivity index (χ0n) is 46.7. The van der Waals surface area contributed by atoms with Crippen LogP contribution < -0.4 is 5.32 Å². The van der Waals surface area contributed by atoms with Crippen LogP contribution in [-0.2, 0) is 4.79 Å². The van der Waals surface area contributed by atoms with Crippen molar-refractivity contribution in [3.05, 3.63) is 122 Å². The maximum atomic E-state index is 12.5. The summed E-state index contributed by atoms with van der Waals surface area (Å²) >= 11 is 0. The number of hydrogen-bond donors (Lipinski definition) is 3. The monoisotopic (exact) mass is 982 g/mol. The smallest absolute Gasteiger partial charge is 0.220 e. The molecule has 4 heteroatoms. The van der Waals surface area contributed by atoms with Crippen LogP contribution in [-0.4, -0.2) is 34.9 Å². The summed E-state index contributed by atoms with van der Waals surface area (Å²) in [6, 6.07) is -0.546. The molecule has 0 aliphatic rings. The second kappa shape index (κ2) is 61.1. The van der Waals surface area contributed by atoms with E-state index in [-0.39, 0.29) is 12.5 Å². The molecule has 4 nitrogen and oxygen atoms in total. The number of allylic oxidation sites excluding steroid dienone is 20. The van der Waals surface area contributed by atoms with Crippen LogP contribution in [0.4, 0.5) is 0 Å². The summed E-state index contributed by atoms with van der Waals surface area (Å²) in [5.41, 5.74) is 0. The van der Waals surface area contributed by atoms with Crippen molar-refractivity contribution in [3.63, 3.8) is 0 Å². The predicted molar refractivity (Wildman–Crippen MR) is 317 cm³/mol. The van der Waals surface area contributed by atoms with Gasteiger partial charge in [0.05, 0.1) is 18.8 Å². The van der Waals surface area contributed by atoms with Crippen molar-refractivity contribution in [1.82, 2.24) is 5.32 Å². The molecule has 0 saturated heterocycles. The van der Waals surface area contributed by atoms with Gasteiger partial charge >= 0.3 is 0 Å². The number of carbonyl (C=O) groups is 1. The van der Waals surface area contributed by atoms with Gasteiger partial charge in [-0.15, -0.1) is 0 Å². The molecular formula is C67H115NO3. The Hall–Kier alpha value is -3.21. The van der Waals surface area contributed by atoms with Crippen LogP contribution in [0.1, 0.15) is 277 Å². The normalized spacial score (nSPS) is 13.7. The molecule has 0 aromatic heterocycles. The Balaban J connectivity index is 3.57. The molecule has 0 saturated carbocycles. The molecule has 1 amide bonds. The van der Waals surface area contributed by atoms with E-state index < -0.39 is 12.1 Å². The molecule has 0 bridgehead atoms. The second-order valence-electron chi connectivity index (χ2n) is 20.0. The number of rotatable bonds is 54. The number of hydrogen-bond acceptors (Lipinski definition) is 3. The van der Waals surface area contributed by atoms with Gasteiger partial charge in [-0.05, 0) is 89.9 Å². The maximum absolute atomic E-state index is 12.5. The third kappa shape index (κ3) is 57.6. The topological polar surface area (TPSA) is 69.6 Å². The summed E-state index contributed by atoms with van der Waals surface area (Å²) in [6.45, 7) is 4.25. The van der Waals surface area contributed by atoms with E-state index in [1.807, 2.05) is 0 Å². The molecule has 2 atom stereocenters. The predicted octanol–water partition coefficient (Wildman–Crippen LogP) is 20.4. The molecule has 0 aliphatic carbocycles. The Kier molecular flexibility index (Phi) is 58.3. The molecule has 2 unspecified atom stereocenters. The van der Waals surface area contributed by atoms with Gasteiger partial charge in [0, 0.05) is 6.42 Å². The Labute approximate surface area is 441 Å². The molecule has 0 aliphatic heterocycles. The van der Waals surface area contributed by atoms with Crippen molar-refractivity contribution in [2.75, 3.05) is 6.61 Å². The van der Waals surface area contributed by atoms with E-state index in [0.29, 0.717) is 12.8 Å². The largest absolute Gasteiger partial charge is 0.394 e. The van der Waals surface area contributed by atoms with Crippen LogP contribution in [0.25, 0.3) is 0 Å². The third-order valence-corrected chi connectivity index (χ3v) is 13.2. The molecule has 0 aromatic rings. The fourth-order valence-electron chi connectivity index (χ4n) is 8.68. The van der Waals surface area contributed by atoms with Crippen molar-refractivity contribution in [2.24, 2.45) is 0 Å². The van der Waals surface area contributed by atoms with Crippen LogP contribution in [0.5, 0.6) is 0 Å². The van der Waals surface area contributed by atoms with Crippen molar-refractivity contribution in [1.29, 1.82) is 0 Å². The quantitative estimate of drug-likeness (QED) is 0.0420. The lowest BCUT2D eigenvalue weighted by atomic mass is 10.0. The molecule has 0 spiro atoms. The highest BCUT2D eigenvalue weighted by atomic mass is 16.3. The zero-order valence-corrected chi connectivity index (χ0v) is 46.7. The summed E-state index contributed by atoms with van der Waals surface area (Å²) < 4.78 is 0. The van der Waals surface area contributed by atoms with E-state index in [4.69, 9.17) is 0 Å². The Morgan fingerprint density at radius 1 is 0.352 bits per heavy atom. The van der Waals surface area contributed by atoms with E-state index in [2.05, 4.69) is 141 Å². The zero-order chi connectivity index (χ0) is 51.3. The molecule has 71 heavy (non-hydrogen) atoms. The first-order valence-corrected chi connectivity index (χ1v) is 30.2. The average Bonchev–Trinajstić information content (AvgIpc) is 3.37. The SMILES string of the molecule is CC/C=C\C/C=C\C/C=C\C/C=C\C/C=C\C/C=C\C/C=C\C/C=C\C/C=C\C/C=C\CCCCCCCCCCCCC(=O)NC(CO)C(O)CCCCCCCCCCCCCCCCCCCC. The van der Waals surface area contributed by atoms with Gasteiger partial charge in [0.25, 0.3) is 0 Å². The van der Waals surface area contributed by atoms with Crippen molar-refractivity contribution >= 4 is 5.91 Å². The van der Waals surface area contributed by atoms with Gasteiger partial charge in [-0.25, -0.2) is 0 Å². The first kappa shape index (κ1) is 67.8. The molecule has 0 radical (unpaired) electrons. The maximum Gasteiger partial charge on any atom is 0.220 e. The van der Waals surface area contributed by atoms with Crippen LogP contribution in [0.2, 0.25) is 0 Å². The molecule has 406 valence electrons.